The Kier molecular flexibility index (Phi) is 4.29. The van der Waals surface area contributed by atoms with Crippen LogP contribution < -0.4 is 15.9 Å². The van der Waals surface area contributed by atoms with Gasteiger partial charge >= 0.3 is 5.63 Å². The van der Waals surface area contributed by atoms with Crippen LogP contribution in [0.5, 0.6) is 6.01 Å². The number of nitrogens with zero attached hydrogens (tertiary/aromatic N) is 3. The summed E-state index contributed by atoms with van der Waals surface area (Å²) in [5.74, 6) is 0. The number of aryl methyl sites for hydroxylation is 1. The van der Waals surface area contributed by atoms with E-state index in [4.69, 9.17) is 9.15 Å². The molecule has 136 valence electrons. The van der Waals surface area contributed by atoms with Gasteiger partial charge in [-0.25, -0.2) is 9.48 Å². The summed E-state index contributed by atoms with van der Waals surface area (Å²) in [5.41, 5.74) is 1.44. The largest absolute Gasteiger partial charge is 0.460 e. The highest BCUT2D eigenvalue weighted by atomic mass is 16.5. The second-order valence-corrected chi connectivity index (χ2v) is 5.90. The fourth-order valence-electron chi connectivity index (χ4n) is 2.79. The van der Waals surface area contributed by atoms with Gasteiger partial charge in [-0.3, -0.25) is 9.78 Å². The standard InChI is InChI=1S/C19H16N4O4/c1-2-13-10-15(24)27-18-16(13)17(25)21-19(22-18)26-11-12-4-6-14(7-5-12)23-9-3-8-20-23/h3-10H,2,11H2,1H3,(H,21,22,25). The molecule has 0 saturated heterocycles. The number of nitrogens with one attached hydrogen (secondary N) is 1. The van der Waals surface area contributed by atoms with Crippen LogP contribution >= 0.6 is 0 Å². The molecule has 0 atom stereocenters. The van der Waals surface area contributed by atoms with Crippen molar-refractivity contribution in [2.45, 2.75) is 20.0 Å². The molecular weight excluding hydrogens is 348 g/mol. The summed E-state index contributed by atoms with van der Waals surface area (Å²) in [5, 5.41) is 4.44. The average molecular weight is 364 g/mol. The first kappa shape index (κ1) is 16.8. The van der Waals surface area contributed by atoms with Gasteiger partial charge in [-0.15, -0.1) is 0 Å². The Bertz CT molecular complexity index is 1190. The molecule has 4 aromatic rings. The molecule has 1 N–H and O–H groups in total. The molecule has 0 unspecified atom stereocenters. The van der Waals surface area contributed by atoms with Crippen molar-refractivity contribution in [1.82, 2.24) is 19.7 Å². The molecule has 4 rings (SSSR count). The molecule has 0 bridgehead atoms. The topological polar surface area (TPSA) is 103 Å². The number of fused-ring (bicyclic) bond motifs is 1. The molecule has 8 nitrogen and oxygen atoms in total. The normalized spacial score (nSPS) is 11.0. The lowest BCUT2D eigenvalue weighted by atomic mass is 10.1. The molecule has 27 heavy (non-hydrogen) atoms. The number of benzene rings is 1. The van der Waals surface area contributed by atoms with Crippen LogP contribution in [0.15, 0.2) is 62.8 Å². The lowest BCUT2D eigenvalue weighted by Gasteiger charge is -2.07. The summed E-state index contributed by atoms with van der Waals surface area (Å²) < 4.78 is 12.4. The van der Waals surface area contributed by atoms with Crippen LogP contribution in [0, 0.1) is 0 Å². The lowest BCUT2D eigenvalue weighted by Crippen LogP contribution is -2.15. The number of hydrogen-bond donors (Lipinski definition) is 1. The molecule has 0 aliphatic carbocycles. The third-order valence-corrected chi connectivity index (χ3v) is 4.14. The first-order chi connectivity index (χ1) is 13.1. The van der Waals surface area contributed by atoms with Crippen LogP contribution in [-0.4, -0.2) is 19.7 Å². The average Bonchev–Trinajstić information content (AvgIpc) is 3.20. The Morgan fingerprint density at radius 2 is 2.04 bits per heavy atom. The van der Waals surface area contributed by atoms with Crippen LogP contribution in [0.1, 0.15) is 18.1 Å². The van der Waals surface area contributed by atoms with E-state index in [1.54, 1.807) is 10.9 Å². The van der Waals surface area contributed by atoms with E-state index in [9.17, 15) is 9.59 Å². The van der Waals surface area contributed by atoms with Crippen LogP contribution in [0.2, 0.25) is 0 Å². The van der Waals surface area contributed by atoms with Gasteiger partial charge in [-0.1, -0.05) is 19.1 Å². The highest BCUT2D eigenvalue weighted by Gasteiger charge is 2.12. The number of H-pyrrole nitrogens is 1. The first-order valence-electron chi connectivity index (χ1n) is 8.43. The molecule has 1 aromatic carbocycles. The quantitative estimate of drug-likeness (QED) is 0.582. The second-order valence-electron chi connectivity index (χ2n) is 5.90. The van der Waals surface area contributed by atoms with Crippen molar-refractivity contribution in [3.63, 3.8) is 0 Å². The van der Waals surface area contributed by atoms with Gasteiger partial charge < -0.3 is 9.15 Å². The summed E-state index contributed by atoms with van der Waals surface area (Å²) in [6.07, 6.45) is 4.09. The molecule has 3 aromatic heterocycles. The Morgan fingerprint density at radius 3 is 2.74 bits per heavy atom. The minimum Gasteiger partial charge on any atom is -0.460 e. The number of aromatic amines is 1. The zero-order valence-corrected chi connectivity index (χ0v) is 14.5. The molecule has 0 fully saturated rings. The maximum Gasteiger partial charge on any atom is 0.337 e. The Balaban J connectivity index is 1.57. The van der Waals surface area contributed by atoms with E-state index in [2.05, 4.69) is 15.1 Å². The molecule has 3 heterocycles. The molecular formula is C19H16N4O4. The predicted octanol–water partition coefficient (Wildman–Crippen LogP) is 2.20. The minimum atomic E-state index is -0.544. The summed E-state index contributed by atoms with van der Waals surface area (Å²) in [6.45, 7) is 2.05. The van der Waals surface area contributed by atoms with E-state index in [0.29, 0.717) is 12.0 Å². The van der Waals surface area contributed by atoms with Crippen molar-refractivity contribution in [3.8, 4) is 11.7 Å². The number of rotatable bonds is 5. The molecule has 0 aliphatic heterocycles. The maximum absolute atomic E-state index is 12.3. The van der Waals surface area contributed by atoms with Crippen LogP contribution in [0.25, 0.3) is 16.8 Å². The lowest BCUT2D eigenvalue weighted by molar-refractivity contribution is 0.279. The van der Waals surface area contributed by atoms with Crippen molar-refractivity contribution < 1.29 is 9.15 Å². The highest BCUT2D eigenvalue weighted by molar-refractivity contribution is 5.75. The van der Waals surface area contributed by atoms with E-state index in [1.807, 2.05) is 43.5 Å². The molecule has 0 aliphatic rings. The Hall–Kier alpha value is -3.68. The van der Waals surface area contributed by atoms with Gasteiger partial charge in [-0.05, 0) is 35.7 Å². The van der Waals surface area contributed by atoms with Gasteiger partial charge in [0, 0.05) is 18.5 Å². The van der Waals surface area contributed by atoms with Crippen LogP contribution in [0.4, 0.5) is 0 Å². The number of hydrogen-bond acceptors (Lipinski definition) is 6. The summed E-state index contributed by atoms with van der Waals surface area (Å²) in [6, 6.07) is 10.8. The zero-order chi connectivity index (χ0) is 18.8. The first-order valence-corrected chi connectivity index (χ1v) is 8.43. The molecule has 0 saturated carbocycles. The fraction of sp³-hybridized carbons (Fsp3) is 0.158. The summed E-state index contributed by atoms with van der Waals surface area (Å²) in [4.78, 5) is 30.7. The third-order valence-electron chi connectivity index (χ3n) is 4.14. The minimum absolute atomic E-state index is 0.0000517. The predicted molar refractivity (Wildman–Crippen MR) is 98.2 cm³/mol. The molecule has 8 heteroatoms. The maximum atomic E-state index is 12.3. The monoisotopic (exact) mass is 364 g/mol. The zero-order valence-electron chi connectivity index (χ0n) is 14.5. The number of aromatic nitrogens is 4. The Labute approximate surface area is 153 Å². The van der Waals surface area contributed by atoms with E-state index in [-0.39, 0.29) is 23.7 Å². The number of ether oxygens (including phenoxy) is 1. The molecule has 0 spiro atoms. The van der Waals surface area contributed by atoms with Gasteiger partial charge in [0.1, 0.15) is 12.0 Å². The van der Waals surface area contributed by atoms with Crippen molar-refractivity contribution in [1.29, 1.82) is 0 Å². The van der Waals surface area contributed by atoms with Gasteiger partial charge in [0.15, 0.2) is 0 Å². The van der Waals surface area contributed by atoms with Gasteiger partial charge in [0.2, 0.25) is 5.71 Å². The van der Waals surface area contributed by atoms with Crippen molar-refractivity contribution >= 4 is 11.1 Å². The van der Waals surface area contributed by atoms with Crippen molar-refractivity contribution in [3.05, 3.63) is 80.7 Å². The van der Waals surface area contributed by atoms with Crippen molar-refractivity contribution in [2.24, 2.45) is 0 Å². The third kappa shape index (κ3) is 3.37. The highest BCUT2D eigenvalue weighted by Crippen LogP contribution is 2.15. The van der Waals surface area contributed by atoms with Gasteiger partial charge in [0.25, 0.3) is 11.6 Å². The summed E-state index contributed by atoms with van der Waals surface area (Å²) in [7, 11) is 0. The van der Waals surface area contributed by atoms with Gasteiger partial charge in [0.05, 0.1) is 5.69 Å². The second kappa shape index (κ2) is 6.91. The summed E-state index contributed by atoms with van der Waals surface area (Å²) >= 11 is 0. The van der Waals surface area contributed by atoms with E-state index < -0.39 is 11.2 Å². The van der Waals surface area contributed by atoms with Crippen LogP contribution in [0.3, 0.4) is 0 Å². The Morgan fingerprint density at radius 1 is 1.22 bits per heavy atom. The van der Waals surface area contributed by atoms with Crippen LogP contribution in [-0.2, 0) is 13.0 Å². The fourth-order valence-corrected chi connectivity index (χ4v) is 2.79. The SMILES string of the molecule is CCc1cc(=O)oc2nc(OCc3ccc(-n4cccn4)cc3)[nH]c(=O)c12. The van der Waals surface area contributed by atoms with E-state index >= 15 is 0 Å². The van der Waals surface area contributed by atoms with Crippen molar-refractivity contribution in [2.75, 3.05) is 0 Å². The van der Waals surface area contributed by atoms with E-state index in [0.717, 1.165) is 11.3 Å². The van der Waals surface area contributed by atoms with E-state index in [1.165, 1.54) is 6.07 Å². The molecule has 0 radical (unpaired) electrons. The van der Waals surface area contributed by atoms with Gasteiger partial charge in [-0.2, -0.15) is 10.1 Å². The molecule has 0 amide bonds. The smallest absolute Gasteiger partial charge is 0.337 e.